The molecule has 0 atom stereocenters. The standard InChI is InChI=1S/C25H28N6O3/c1-33-21-9-8-19(14-22(21)34-2)15-23(32)26-12-13-31-25-20(16-30-31)24(28-17-29-25)27-11-10-18-6-4-3-5-7-18/h3-9,14,16-17H,10-13,15H2,1-2H3,(H,26,32)(H,27,28,29). The third kappa shape index (κ3) is 5.61. The van der Waals surface area contributed by atoms with Gasteiger partial charge in [0, 0.05) is 13.1 Å². The molecule has 0 aliphatic rings. The third-order valence-electron chi connectivity index (χ3n) is 5.44. The number of fused-ring (bicyclic) bond motifs is 1. The molecule has 2 heterocycles. The Morgan fingerprint density at radius 1 is 0.971 bits per heavy atom. The van der Waals surface area contributed by atoms with Crippen molar-refractivity contribution in [3.8, 4) is 11.5 Å². The second-order valence-corrected chi connectivity index (χ2v) is 7.71. The lowest BCUT2D eigenvalue weighted by Gasteiger charge is -2.10. The number of methoxy groups -OCH3 is 2. The van der Waals surface area contributed by atoms with Crippen LogP contribution in [-0.4, -0.2) is 53.0 Å². The number of benzene rings is 2. The van der Waals surface area contributed by atoms with Gasteiger partial charge in [0.05, 0.1) is 38.8 Å². The van der Waals surface area contributed by atoms with Gasteiger partial charge in [0.2, 0.25) is 5.91 Å². The lowest BCUT2D eigenvalue weighted by atomic mass is 10.1. The lowest BCUT2D eigenvalue weighted by Crippen LogP contribution is -2.28. The zero-order valence-corrected chi connectivity index (χ0v) is 19.3. The van der Waals surface area contributed by atoms with Crippen molar-refractivity contribution in [2.75, 3.05) is 32.6 Å². The highest BCUT2D eigenvalue weighted by Crippen LogP contribution is 2.27. The number of ether oxygens (including phenoxy) is 2. The number of hydrogen-bond acceptors (Lipinski definition) is 7. The van der Waals surface area contributed by atoms with Crippen molar-refractivity contribution in [3.05, 3.63) is 72.2 Å². The van der Waals surface area contributed by atoms with Crippen LogP contribution < -0.4 is 20.1 Å². The summed E-state index contributed by atoms with van der Waals surface area (Å²) in [4.78, 5) is 21.1. The molecule has 2 aromatic heterocycles. The Kier molecular flexibility index (Phi) is 7.54. The largest absolute Gasteiger partial charge is 0.493 e. The molecule has 0 unspecified atom stereocenters. The van der Waals surface area contributed by atoms with Gasteiger partial charge in [0.15, 0.2) is 17.1 Å². The number of carbonyl (C=O) groups is 1. The maximum Gasteiger partial charge on any atom is 0.224 e. The van der Waals surface area contributed by atoms with E-state index in [2.05, 4.69) is 37.8 Å². The Bertz CT molecular complexity index is 1240. The summed E-state index contributed by atoms with van der Waals surface area (Å²) in [6, 6.07) is 15.8. The third-order valence-corrected chi connectivity index (χ3v) is 5.44. The van der Waals surface area contributed by atoms with E-state index in [1.54, 1.807) is 31.2 Å². The molecule has 0 radical (unpaired) electrons. The highest BCUT2D eigenvalue weighted by molar-refractivity contribution is 5.86. The smallest absolute Gasteiger partial charge is 0.224 e. The summed E-state index contributed by atoms with van der Waals surface area (Å²) in [7, 11) is 3.15. The van der Waals surface area contributed by atoms with Gasteiger partial charge in [-0.3, -0.25) is 4.79 Å². The van der Waals surface area contributed by atoms with Crippen LogP contribution in [-0.2, 0) is 24.2 Å². The first-order valence-electron chi connectivity index (χ1n) is 11.1. The monoisotopic (exact) mass is 460 g/mol. The molecular weight excluding hydrogens is 432 g/mol. The Hall–Kier alpha value is -4.14. The van der Waals surface area contributed by atoms with Gasteiger partial charge in [-0.25, -0.2) is 14.6 Å². The zero-order valence-electron chi connectivity index (χ0n) is 19.3. The van der Waals surface area contributed by atoms with Crippen LogP contribution in [0.5, 0.6) is 11.5 Å². The average molecular weight is 461 g/mol. The summed E-state index contributed by atoms with van der Waals surface area (Å²) in [5.74, 6) is 1.91. The van der Waals surface area contributed by atoms with Crippen molar-refractivity contribution < 1.29 is 14.3 Å². The van der Waals surface area contributed by atoms with Gasteiger partial charge in [-0.1, -0.05) is 36.4 Å². The van der Waals surface area contributed by atoms with E-state index < -0.39 is 0 Å². The van der Waals surface area contributed by atoms with Crippen molar-refractivity contribution >= 4 is 22.8 Å². The number of rotatable bonds is 11. The minimum absolute atomic E-state index is 0.0819. The number of anilines is 1. The van der Waals surface area contributed by atoms with E-state index in [4.69, 9.17) is 9.47 Å². The van der Waals surface area contributed by atoms with Crippen molar-refractivity contribution in [2.45, 2.75) is 19.4 Å². The Morgan fingerprint density at radius 2 is 1.79 bits per heavy atom. The van der Waals surface area contributed by atoms with E-state index in [0.29, 0.717) is 24.6 Å². The predicted octanol–water partition coefficient (Wildman–Crippen LogP) is 2.86. The normalized spacial score (nSPS) is 10.8. The topological polar surface area (TPSA) is 103 Å². The summed E-state index contributed by atoms with van der Waals surface area (Å²) in [6.45, 7) is 1.69. The summed E-state index contributed by atoms with van der Waals surface area (Å²) >= 11 is 0. The molecule has 2 aromatic carbocycles. The van der Waals surface area contributed by atoms with E-state index in [1.165, 1.54) is 11.9 Å². The van der Waals surface area contributed by atoms with E-state index in [-0.39, 0.29) is 12.3 Å². The number of carbonyl (C=O) groups excluding carboxylic acids is 1. The Labute approximate surface area is 198 Å². The van der Waals surface area contributed by atoms with Crippen LogP contribution in [0.3, 0.4) is 0 Å². The van der Waals surface area contributed by atoms with Gasteiger partial charge in [-0.15, -0.1) is 0 Å². The number of nitrogens with one attached hydrogen (secondary N) is 2. The molecule has 9 nitrogen and oxygen atoms in total. The van der Waals surface area contributed by atoms with Gasteiger partial charge < -0.3 is 20.1 Å². The fourth-order valence-electron chi connectivity index (χ4n) is 3.71. The van der Waals surface area contributed by atoms with Crippen LogP contribution in [0.15, 0.2) is 61.1 Å². The van der Waals surface area contributed by atoms with Crippen LogP contribution >= 0.6 is 0 Å². The summed E-state index contributed by atoms with van der Waals surface area (Å²) in [6.07, 6.45) is 4.43. The molecule has 0 saturated carbocycles. The van der Waals surface area contributed by atoms with E-state index >= 15 is 0 Å². The molecule has 0 aliphatic carbocycles. The summed E-state index contributed by atoms with van der Waals surface area (Å²) < 4.78 is 12.3. The number of aromatic nitrogens is 4. The first-order valence-corrected chi connectivity index (χ1v) is 11.1. The SMILES string of the molecule is COc1ccc(CC(=O)NCCn2ncc3c(NCCc4ccccc4)ncnc32)cc1OC. The molecule has 0 saturated heterocycles. The molecule has 1 amide bonds. The van der Waals surface area contributed by atoms with Crippen molar-refractivity contribution in [2.24, 2.45) is 0 Å². The highest BCUT2D eigenvalue weighted by Gasteiger charge is 2.11. The molecule has 4 rings (SSSR count). The first kappa shape index (κ1) is 23.0. The molecule has 34 heavy (non-hydrogen) atoms. The fraction of sp³-hybridized carbons (Fsp3) is 0.280. The quantitative estimate of drug-likeness (QED) is 0.355. The predicted molar refractivity (Wildman–Crippen MR) is 130 cm³/mol. The van der Waals surface area contributed by atoms with E-state index in [9.17, 15) is 4.79 Å². The molecule has 176 valence electrons. The van der Waals surface area contributed by atoms with Gasteiger partial charge >= 0.3 is 0 Å². The molecule has 4 aromatic rings. The molecule has 0 spiro atoms. The van der Waals surface area contributed by atoms with E-state index in [1.807, 2.05) is 30.3 Å². The first-order chi connectivity index (χ1) is 16.7. The van der Waals surface area contributed by atoms with Crippen molar-refractivity contribution in [1.29, 1.82) is 0 Å². The molecular formula is C25H28N6O3. The fourth-order valence-corrected chi connectivity index (χ4v) is 3.71. The molecule has 0 aliphatic heterocycles. The van der Waals surface area contributed by atoms with Gasteiger partial charge in [0.1, 0.15) is 12.1 Å². The molecule has 2 N–H and O–H groups in total. The zero-order chi connectivity index (χ0) is 23.8. The minimum Gasteiger partial charge on any atom is -0.493 e. The number of amides is 1. The molecule has 0 fully saturated rings. The second kappa shape index (κ2) is 11.1. The number of nitrogens with zero attached hydrogens (tertiary/aromatic N) is 4. The van der Waals surface area contributed by atoms with Crippen LogP contribution in [0.2, 0.25) is 0 Å². The van der Waals surface area contributed by atoms with Crippen molar-refractivity contribution in [1.82, 2.24) is 25.1 Å². The highest BCUT2D eigenvalue weighted by atomic mass is 16.5. The van der Waals surface area contributed by atoms with Gasteiger partial charge in [-0.2, -0.15) is 5.10 Å². The van der Waals surface area contributed by atoms with Crippen LogP contribution in [0, 0.1) is 0 Å². The van der Waals surface area contributed by atoms with Crippen LogP contribution in [0.25, 0.3) is 11.0 Å². The average Bonchev–Trinajstić information content (AvgIpc) is 3.28. The Morgan fingerprint density at radius 3 is 2.59 bits per heavy atom. The van der Waals surface area contributed by atoms with Crippen molar-refractivity contribution in [3.63, 3.8) is 0 Å². The van der Waals surface area contributed by atoms with Gasteiger partial charge in [-0.05, 0) is 29.7 Å². The Balaban J connectivity index is 1.30. The summed E-state index contributed by atoms with van der Waals surface area (Å²) in [5.41, 5.74) is 2.84. The second-order valence-electron chi connectivity index (χ2n) is 7.71. The maximum absolute atomic E-state index is 12.4. The molecule has 0 bridgehead atoms. The molecule has 9 heteroatoms. The summed E-state index contributed by atoms with van der Waals surface area (Å²) in [5, 5.41) is 11.6. The van der Waals surface area contributed by atoms with E-state index in [0.717, 1.165) is 35.4 Å². The lowest BCUT2D eigenvalue weighted by molar-refractivity contribution is -0.120. The van der Waals surface area contributed by atoms with Gasteiger partial charge in [0.25, 0.3) is 0 Å². The van der Waals surface area contributed by atoms with Crippen LogP contribution in [0.1, 0.15) is 11.1 Å². The minimum atomic E-state index is -0.0819. The van der Waals surface area contributed by atoms with Crippen LogP contribution in [0.4, 0.5) is 5.82 Å². The number of hydrogen-bond donors (Lipinski definition) is 2. The maximum atomic E-state index is 12.4.